The zero-order valence-electron chi connectivity index (χ0n) is 20.1. The molecule has 2 N–H and O–H groups in total. The number of carbonyl (C=O) groups excluding carboxylic acids is 4. The lowest BCUT2D eigenvalue weighted by Crippen LogP contribution is -2.28. The van der Waals surface area contributed by atoms with Crippen molar-refractivity contribution in [3.05, 3.63) is 95.1 Å². The molecule has 186 valence electrons. The number of anilines is 1. The highest BCUT2D eigenvalue weighted by molar-refractivity contribution is 6.04. The predicted molar refractivity (Wildman–Crippen MR) is 132 cm³/mol. The maximum absolute atomic E-state index is 12.9. The average Bonchev–Trinajstić information content (AvgIpc) is 2.91. The molecule has 1 atom stereocenters. The normalized spacial score (nSPS) is 11.1. The van der Waals surface area contributed by atoms with E-state index in [1.165, 1.54) is 32.4 Å². The minimum atomic E-state index is -0.681. The van der Waals surface area contributed by atoms with Crippen LogP contribution in [0.15, 0.2) is 72.8 Å². The van der Waals surface area contributed by atoms with Gasteiger partial charge in [-0.2, -0.15) is 0 Å². The third kappa shape index (κ3) is 6.69. The molecule has 3 rings (SSSR count). The molecule has 36 heavy (non-hydrogen) atoms. The van der Waals surface area contributed by atoms with Crippen molar-refractivity contribution < 1.29 is 33.4 Å². The van der Waals surface area contributed by atoms with Crippen LogP contribution in [0, 0.1) is 0 Å². The number of hydrogen-bond acceptors (Lipinski definition) is 7. The second kappa shape index (κ2) is 12.2. The number of ether oxygens (including phenoxy) is 3. The molecule has 3 aromatic carbocycles. The maximum atomic E-state index is 12.9. The summed E-state index contributed by atoms with van der Waals surface area (Å²) in [6, 6.07) is 19.8. The zero-order chi connectivity index (χ0) is 26.1. The van der Waals surface area contributed by atoms with E-state index in [2.05, 4.69) is 10.6 Å². The van der Waals surface area contributed by atoms with Crippen LogP contribution < -0.4 is 15.4 Å². The fourth-order valence-corrected chi connectivity index (χ4v) is 3.38. The molecule has 0 spiro atoms. The van der Waals surface area contributed by atoms with Crippen molar-refractivity contribution in [3.63, 3.8) is 0 Å². The molecule has 2 amide bonds. The summed E-state index contributed by atoms with van der Waals surface area (Å²) >= 11 is 0. The van der Waals surface area contributed by atoms with Gasteiger partial charge in [0.15, 0.2) is 6.61 Å². The molecule has 9 nitrogen and oxygen atoms in total. The topological polar surface area (TPSA) is 120 Å². The Bertz CT molecular complexity index is 1220. The number of carbonyl (C=O) groups is 4. The molecule has 0 aliphatic heterocycles. The van der Waals surface area contributed by atoms with E-state index in [9.17, 15) is 19.2 Å². The van der Waals surface area contributed by atoms with Gasteiger partial charge in [0.25, 0.3) is 11.8 Å². The van der Waals surface area contributed by atoms with Crippen molar-refractivity contribution in [1.29, 1.82) is 0 Å². The summed E-state index contributed by atoms with van der Waals surface area (Å²) < 4.78 is 14.9. The van der Waals surface area contributed by atoms with Crippen molar-refractivity contribution in [3.8, 4) is 5.75 Å². The number of hydrogen-bond donors (Lipinski definition) is 2. The van der Waals surface area contributed by atoms with Crippen molar-refractivity contribution in [2.75, 3.05) is 26.1 Å². The highest BCUT2D eigenvalue weighted by Gasteiger charge is 2.18. The van der Waals surface area contributed by atoms with E-state index >= 15 is 0 Å². The largest absolute Gasteiger partial charge is 0.484 e. The van der Waals surface area contributed by atoms with E-state index in [1.54, 1.807) is 24.3 Å². The number of benzene rings is 3. The molecule has 0 heterocycles. The van der Waals surface area contributed by atoms with Gasteiger partial charge in [0.1, 0.15) is 5.75 Å². The quantitative estimate of drug-likeness (QED) is 0.438. The molecule has 3 aromatic rings. The Balaban J connectivity index is 1.69. The number of amides is 2. The van der Waals surface area contributed by atoms with Gasteiger partial charge in [-0.05, 0) is 42.8 Å². The van der Waals surface area contributed by atoms with Gasteiger partial charge in [0, 0.05) is 0 Å². The lowest BCUT2D eigenvalue weighted by molar-refractivity contribution is -0.118. The summed E-state index contributed by atoms with van der Waals surface area (Å²) in [5.74, 6) is -2.17. The highest BCUT2D eigenvalue weighted by atomic mass is 16.5. The second-order valence-electron chi connectivity index (χ2n) is 7.72. The van der Waals surface area contributed by atoms with Crippen LogP contribution in [0.3, 0.4) is 0 Å². The van der Waals surface area contributed by atoms with Crippen LogP contribution in [0.25, 0.3) is 0 Å². The van der Waals surface area contributed by atoms with Gasteiger partial charge in [-0.1, -0.05) is 42.5 Å². The van der Waals surface area contributed by atoms with Crippen LogP contribution >= 0.6 is 0 Å². The van der Waals surface area contributed by atoms with Gasteiger partial charge >= 0.3 is 11.9 Å². The molecule has 0 saturated carbocycles. The van der Waals surface area contributed by atoms with E-state index in [0.717, 1.165) is 5.56 Å². The van der Waals surface area contributed by atoms with Crippen molar-refractivity contribution >= 4 is 29.4 Å². The van der Waals surface area contributed by atoms with Crippen LogP contribution in [0.2, 0.25) is 0 Å². The first-order valence-corrected chi connectivity index (χ1v) is 11.0. The minimum absolute atomic E-state index is 0.0605. The Morgan fingerprint density at radius 3 is 2.00 bits per heavy atom. The predicted octanol–water partition coefficient (Wildman–Crippen LogP) is 3.77. The molecule has 0 radical (unpaired) electrons. The van der Waals surface area contributed by atoms with E-state index in [4.69, 9.17) is 14.2 Å². The van der Waals surface area contributed by atoms with Crippen LogP contribution in [-0.4, -0.2) is 44.6 Å². The lowest BCUT2D eigenvalue weighted by atomic mass is 10.1. The molecule has 0 bridgehead atoms. The Morgan fingerprint density at radius 2 is 1.39 bits per heavy atom. The summed E-state index contributed by atoms with van der Waals surface area (Å²) in [6.45, 7) is 1.43. The molecule has 0 unspecified atom stereocenters. The van der Waals surface area contributed by atoms with E-state index in [-0.39, 0.29) is 34.4 Å². The number of rotatable bonds is 9. The Labute approximate surface area is 208 Å². The van der Waals surface area contributed by atoms with Gasteiger partial charge < -0.3 is 24.8 Å². The molecular formula is C27H26N2O7. The summed E-state index contributed by atoms with van der Waals surface area (Å²) in [4.78, 5) is 49.4. The average molecular weight is 491 g/mol. The van der Waals surface area contributed by atoms with Gasteiger partial charge in [-0.25, -0.2) is 9.59 Å². The monoisotopic (exact) mass is 490 g/mol. The minimum Gasteiger partial charge on any atom is -0.484 e. The molecule has 0 aliphatic rings. The number of para-hydroxylation sites is 1. The molecular weight excluding hydrogens is 464 g/mol. The maximum Gasteiger partial charge on any atom is 0.338 e. The second-order valence-corrected chi connectivity index (χ2v) is 7.72. The summed E-state index contributed by atoms with van der Waals surface area (Å²) in [5.41, 5.74) is 1.66. The summed E-state index contributed by atoms with van der Waals surface area (Å²) in [7, 11) is 2.41. The smallest absolute Gasteiger partial charge is 0.338 e. The van der Waals surface area contributed by atoms with Crippen molar-refractivity contribution in [2.24, 2.45) is 0 Å². The fraction of sp³-hybridized carbons (Fsp3) is 0.185. The Kier molecular flexibility index (Phi) is 8.77. The van der Waals surface area contributed by atoms with E-state index in [0.29, 0.717) is 5.69 Å². The van der Waals surface area contributed by atoms with Crippen molar-refractivity contribution in [2.45, 2.75) is 13.0 Å². The third-order valence-electron chi connectivity index (χ3n) is 5.21. The lowest BCUT2D eigenvalue weighted by Gasteiger charge is -2.16. The fourth-order valence-electron chi connectivity index (χ4n) is 3.38. The molecule has 0 fully saturated rings. The van der Waals surface area contributed by atoms with Gasteiger partial charge in [0.05, 0.1) is 42.6 Å². The van der Waals surface area contributed by atoms with Crippen LogP contribution in [-0.2, 0) is 14.3 Å². The standard InChI is InChI=1S/C27H26N2O7/c1-17(18-9-5-4-6-10-18)28-25(31)22-11-7-8-12-23(22)29-24(30)16-36-21-14-19(26(32)34-2)13-20(15-21)27(33)35-3/h4-15,17H,16H2,1-3H3,(H,28,31)(H,29,30)/t17-/m1/s1. The molecule has 0 aliphatic carbocycles. The van der Waals surface area contributed by atoms with Gasteiger partial charge in [-0.3, -0.25) is 9.59 Å². The summed E-state index contributed by atoms with van der Waals surface area (Å²) in [6.07, 6.45) is 0. The number of esters is 2. The number of nitrogens with one attached hydrogen (secondary N) is 2. The third-order valence-corrected chi connectivity index (χ3v) is 5.21. The van der Waals surface area contributed by atoms with Gasteiger partial charge in [-0.15, -0.1) is 0 Å². The van der Waals surface area contributed by atoms with Crippen LogP contribution in [0.4, 0.5) is 5.69 Å². The summed E-state index contributed by atoms with van der Waals surface area (Å²) in [5, 5.41) is 5.58. The van der Waals surface area contributed by atoms with Gasteiger partial charge in [0.2, 0.25) is 0 Å². The zero-order valence-corrected chi connectivity index (χ0v) is 20.1. The SMILES string of the molecule is COC(=O)c1cc(OCC(=O)Nc2ccccc2C(=O)N[C@H](C)c2ccccc2)cc(C(=O)OC)c1. The highest BCUT2D eigenvalue weighted by Crippen LogP contribution is 2.21. The Hall–Kier alpha value is -4.66. The first kappa shape index (κ1) is 26.0. The molecule has 9 heteroatoms. The Morgan fingerprint density at radius 1 is 0.806 bits per heavy atom. The first-order chi connectivity index (χ1) is 17.3. The van der Waals surface area contributed by atoms with E-state index < -0.39 is 24.5 Å². The van der Waals surface area contributed by atoms with Crippen LogP contribution in [0.1, 0.15) is 49.6 Å². The first-order valence-electron chi connectivity index (χ1n) is 11.0. The van der Waals surface area contributed by atoms with Crippen molar-refractivity contribution in [1.82, 2.24) is 5.32 Å². The van der Waals surface area contributed by atoms with E-state index in [1.807, 2.05) is 37.3 Å². The molecule has 0 aromatic heterocycles. The molecule has 0 saturated heterocycles. The van der Waals surface area contributed by atoms with Crippen LogP contribution in [0.5, 0.6) is 5.75 Å². The number of methoxy groups -OCH3 is 2.